The van der Waals surface area contributed by atoms with Gasteiger partial charge in [-0.15, -0.1) is 11.3 Å². The van der Waals surface area contributed by atoms with Gasteiger partial charge in [-0.3, -0.25) is 4.99 Å². The molecule has 3 rings (SSSR count). The Bertz CT molecular complexity index is 663. The van der Waals surface area contributed by atoms with Crippen LogP contribution >= 0.6 is 11.3 Å². The van der Waals surface area contributed by atoms with Crippen molar-refractivity contribution in [2.24, 2.45) is 4.99 Å². The van der Waals surface area contributed by atoms with E-state index in [1.165, 1.54) is 10.6 Å². The molecule has 0 bridgehead atoms. The SMILES string of the molecule is CN=C(NCc1cccc(OC)c1)N1CCN(c2cccs2)CC1. The number of hydrogen-bond acceptors (Lipinski definition) is 4. The average Bonchev–Trinajstić information content (AvgIpc) is 3.18. The van der Waals surface area contributed by atoms with Gasteiger partial charge in [0.2, 0.25) is 0 Å². The van der Waals surface area contributed by atoms with Crippen LogP contribution in [0.3, 0.4) is 0 Å². The van der Waals surface area contributed by atoms with Crippen LogP contribution in [0.2, 0.25) is 0 Å². The largest absolute Gasteiger partial charge is 0.497 e. The van der Waals surface area contributed by atoms with Gasteiger partial charge >= 0.3 is 0 Å². The molecule has 0 saturated carbocycles. The van der Waals surface area contributed by atoms with Crippen molar-refractivity contribution in [2.45, 2.75) is 6.54 Å². The molecule has 1 aromatic heterocycles. The fourth-order valence-corrected chi connectivity index (χ4v) is 3.67. The van der Waals surface area contributed by atoms with E-state index in [2.05, 4.69) is 49.8 Å². The summed E-state index contributed by atoms with van der Waals surface area (Å²) < 4.78 is 5.28. The van der Waals surface area contributed by atoms with Gasteiger partial charge in [0, 0.05) is 39.8 Å². The molecular formula is C18H24N4OS. The molecule has 0 aliphatic carbocycles. The van der Waals surface area contributed by atoms with Crippen molar-refractivity contribution in [3.63, 3.8) is 0 Å². The van der Waals surface area contributed by atoms with Crippen LogP contribution in [0.15, 0.2) is 46.8 Å². The summed E-state index contributed by atoms with van der Waals surface area (Å²) in [5.41, 5.74) is 1.19. The fourth-order valence-electron chi connectivity index (χ4n) is 2.88. The first-order valence-corrected chi connectivity index (χ1v) is 9.05. The smallest absolute Gasteiger partial charge is 0.194 e. The Morgan fingerprint density at radius 2 is 2.04 bits per heavy atom. The minimum atomic E-state index is 0.745. The molecule has 1 saturated heterocycles. The molecule has 1 aliphatic heterocycles. The minimum absolute atomic E-state index is 0.745. The second-order valence-corrected chi connectivity index (χ2v) is 6.60. The summed E-state index contributed by atoms with van der Waals surface area (Å²) in [5, 5.41) is 6.95. The number of guanidine groups is 1. The number of anilines is 1. The molecule has 0 atom stereocenters. The summed E-state index contributed by atoms with van der Waals surface area (Å²) in [4.78, 5) is 9.21. The molecule has 1 aromatic carbocycles. The zero-order valence-electron chi connectivity index (χ0n) is 14.2. The molecule has 24 heavy (non-hydrogen) atoms. The number of piperazine rings is 1. The Morgan fingerprint density at radius 3 is 2.71 bits per heavy atom. The third-order valence-electron chi connectivity index (χ3n) is 4.19. The average molecular weight is 344 g/mol. The van der Waals surface area contributed by atoms with Crippen molar-refractivity contribution in [1.29, 1.82) is 0 Å². The monoisotopic (exact) mass is 344 g/mol. The number of nitrogens with zero attached hydrogens (tertiary/aromatic N) is 3. The molecule has 1 fully saturated rings. The van der Waals surface area contributed by atoms with Gasteiger partial charge < -0.3 is 19.9 Å². The van der Waals surface area contributed by atoms with Crippen molar-refractivity contribution >= 4 is 22.3 Å². The Hall–Kier alpha value is -2.21. The lowest BCUT2D eigenvalue weighted by Gasteiger charge is -2.37. The third-order valence-corrected chi connectivity index (χ3v) is 5.12. The van der Waals surface area contributed by atoms with E-state index in [0.29, 0.717) is 0 Å². The van der Waals surface area contributed by atoms with Crippen LogP contribution in [-0.2, 0) is 6.54 Å². The number of aliphatic imine (C=N–C) groups is 1. The van der Waals surface area contributed by atoms with Crippen LogP contribution in [0.5, 0.6) is 5.75 Å². The highest BCUT2D eigenvalue weighted by Gasteiger charge is 2.20. The standard InChI is InChI=1S/C18H24N4OS/c1-19-18(20-14-15-5-3-6-16(13-15)23-2)22-10-8-21(9-11-22)17-7-4-12-24-17/h3-7,12-13H,8-11,14H2,1-2H3,(H,19,20). The van der Waals surface area contributed by atoms with Crippen molar-refractivity contribution in [3.8, 4) is 5.75 Å². The molecule has 2 heterocycles. The number of hydrogen-bond donors (Lipinski definition) is 1. The van der Waals surface area contributed by atoms with Gasteiger partial charge in [0.15, 0.2) is 5.96 Å². The van der Waals surface area contributed by atoms with Crippen LogP contribution in [0.4, 0.5) is 5.00 Å². The van der Waals surface area contributed by atoms with Crippen molar-refractivity contribution in [3.05, 3.63) is 47.3 Å². The molecule has 2 aromatic rings. The van der Waals surface area contributed by atoms with Crippen LogP contribution in [0, 0.1) is 0 Å². The van der Waals surface area contributed by atoms with Crippen molar-refractivity contribution < 1.29 is 4.74 Å². The normalized spacial score (nSPS) is 15.5. The number of thiophene rings is 1. The van der Waals surface area contributed by atoms with Gasteiger partial charge in [0.05, 0.1) is 12.1 Å². The van der Waals surface area contributed by atoms with Gasteiger partial charge in [-0.1, -0.05) is 12.1 Å². The maximum atomic E-state index is 5.28. The number of nitrogens with one attached hydrogen (secondary N) is 1. The maximum Gasteiger partial charge on any atom is 0.194 e. The number of ether oxygens (including phenoxy) is 1. The van der Waals surface area contributed by atoms with E-state index < -0.39 is 0 Å². The fraction of sp³-hybridized carbons (Fsp3) is 0.389. The highest BCUT2D eigenvalue weighted by molar-refractivity contribution is 7.14. The summed E-state index contributed by atoms with van der Waals surface area (Å²) in [5.74, 6) is 1.84. The van der Waals surface area contributed by atoms with Gasteiger partial charge in [-0.05, 0) is 35.2 Å². The van der Waals surface area contributed by atoms with E-state index in [1.807, 2.05) is 19.2 Å². The maximum absolute atomic E-state index is 5.28. The van der Waals surface area contributed by atoms with E-state index in [4.69, 9.17) is 4.74 Å². The topological polar surface area (TPSA) is 40.1 Å². The van der Waals surface area contributed by atoms with Gasteiger partial charge in [-0.2, -0.15) is 0 Å². The molecule has 1 aliphatic rings. The van der Waals surface area contributed by atoms with Crippen molar-refractivity contribution in [2.75, 3.05) is 45.2 Å². The van der Waals surface area contributed by atoms with Crippen LogP contribution in [0.1, 0.15) is 5.56 Å². The second kappa shape index (κ2) is 8.06. The molecule has 0 radical (unpaired) electrons. The molecule has 5 nitrogen and oxygen atoms in total. The highest BCUT2D eigenvalue weighted by Crippen LogP contribution is 2.22. The predicted molar refractivity (Wildman–Crippen MR) is 101 cm³/mol. The summed E-state index contributed by atoms with van der Waals surface area (Å²) in [6.45, 7) is 4.77. The van der Waals surface area contributed by atoms with Gasteiger partial charge in [0.1, 0.15) is 5.75 Å². The van der Waals surface area contributed by atoms with Gasteiger partial charge in [0.25, 0.3) is 0 Å². The minimum Gasteiger partial charge on any atom is -0.497 e. The Labute approximate surface area is 147 Å². The lowest BCUT2D eigenvalue weighted by Crippen LogP contribution is -2.52. The van der Waals surface area contributed by atoms with E-state index in [9.17, 15) is 0 Å². The first-order chi connectivity index (χ1) is 11.8. The lowest BCUT2D eigenvalue weighted by atomic mass is 10.2. The number of methoxy groups -OCH3 is 1. The predicted octanol–water partition coefficient (Wildman–Crippen LogP) is 2.65. The van der Waals surface area contributed by atoms with Crippen LogP contribution in [0.25, 0.3) is 0 Å². The summed E-state index contributed by atoms with van der Waals surface area (Å²) >= 11 is 1.81. The first kappa shape index (κ1) is 16.6. The summed E-state index contributed by atoms with van der Waals surface area (Å²) in [6.07, 6.45) is 0. The van der Waals surface area contributed by atoms with Crippen molar-refractivity contribution in [1.82, 2.24) is 10.2 Å². The van der Waals surface area contributed by atoms with E-state index in [1.54, 1.807) is 18.4 Å². The molecule has 1 N–H and O–H groups in total. The third kappa shape index (κ3) is 4.00. The van der Waals surface area contributed by atoms with Crippen LogP contribution in [-0.4, -0.2) is 51.2 Å². The zero-order valence-corrected chi connectivity index (χ0v) is 15.1. The number of benzene rings is 1. The first-order valence-electron chi connectivity index (χ1n) is 8.17. The Morgan fingerprint density at radius 1 is 1.21 bits per heavy atom. The summed E-state index contributed by atoms with van der Waals surface area (Å²) in [6, 6.07) is 12.4. The quantitative estimate of drug-likeness (QED) is 0.684. The van der Waals surface area contributed by atoms with E-state index in [0.717, 1.165) is 44.4 Å². The molecule has 0 amide bonds. The zero-order chi connectivity index (χ0) is 16.8. The highest BCUT2D eigenvalue weighted by atomic mass is 32.1. The Kier molecular flexibility index (Phi) is 5.59. The molecule has 6 heteroatoms. The molecule has 0 spiro atoms. The molecule has 128 valence electrons. The van der Waals surface area contributed by atoms with E-state index in [-0.39, 0.29) is 0 Å². The second-order valence-electron chi connectivity index (χ2n) is 5.68. The van der Waals surface area contributed by atoms with Crippen LogP contribution < -0.4 is 15.0 Å². The Balaban J connectivity index is 1.53. The number of rotatable bonds is 4. The van der Waals surface area contributed by atoms with E-state index >= 15 is 0 Å². The lowest BCUT2D eigenvalue weighted by molar-refractivity contribution is 0.373. The molecular weight excluding hydrogens is 320 g/mol. The summed E-state index contributed by atoms with van der Waals surface area (Å²) in [7, 11) is 3.54. The van der Waals surface area contributed by atoms with Gasteiger partial charge in [-0.25, -0.2) is 0 Å². The molecule has 0 unspecified atom stereocenters.